The number of ether oxygens (including phenoxy) is 1. The highest BCUT2D eigenvalue weighted by Crippen LogP contribution is 2.15. The molecule has 1 aromatic carbocycles. The first kappa shape index (κ1) is 16.5. The number of hydrogen-bond acceptors (Lipinski definition) is 3. The van der Waals surface area contributed by atoms with Crippen LogP contribution < -0.4 is 5.32 Å². The molecule has 0 amide bonds. The normalized spacial score (nSPS) is 10.9. The third-order valence-corrected chi connectivity index (χ3v) is 3.85. The van der Waals surface area contributed by atoms with E-state index in [4.69, 9.17) is 4.74 Å². The Morgan fingerprint density at radius 3 is 2.53 bits per heavy atom. The Kier molecular flexibility index (Phi) is 8.97. The molecule has 0 aliphatic heterocycles. The van der Waals surface area contributed by atoms with Crippen molar-refractivity contribution in [2.45, 2.75) is 32.9 Å². The largest absolute Gasteiger partial charge is 0.382 e. The standard InChI is InChI=1S/C16H27NOS/c1-4-18-8-5-6-17-7-9-19-13-16-11-14(2)10-15(3)12-16/h10-12,17H,4-9,13H2,1-3H3. The predicted octanol–water partition coefficient (Wildman–Crippen LogP) is 3.55. The second-order valence-electron chi connectivity index (χ2n) is 4.85. The van der Waals surface area contributed by atoms with Crippen LogP contribution in [-0.4, -0.2) is 32.1 Å². The fraction of sp³-hybridized carbons (Fsp3) is 0.625. The van der Waals surface area contributed by atoms with Gasteiger partial charge in [0.15, 0.2) is 0 Å². The van der Waals surface area contributed by atoms with E-state index in [9.17, 15) is 0 Å². The molecule has 1 aromatic rings. The van der Waals surface area contributed by atoms with Crippen molar-refractivity contribution in [3.05, 3.63) is 34.9 Å². The first-order chi connectivity index (χ1) is 9.22. The fourth-order valence-corrected chi connectivity index (χ4v) is 2.89. The van der Waals surface area contributed by atoms with Gasteiger partial charge in [-0.25, -0.2) is 0 Å². The summed E-state index contributed by atoms with van der Waals surface area (Å²) in [7, 11) is 0. The summed E-state index contributed by atoms with van der Waals surface area (Å²) in [5.74, 6) is 2.28. The minimum absolute atomic E-state index is 0.825. The Bertz CT molecular complexity index is 334. The molecule has 0 heterocycles. The highest BCUT2D eigenvalue weighted by Gasteiger charge is 1.97. The van der Waals surface area contributed by atoms with Crippen LogP contribution in [0.25, 0.3) is 0 Å². The fourth-order valence-electron chi connectivity index (χ4n) is 2.06. The quantitative estimate of drug-likeness (QED) is 0.663. The summed E-state index contributed by atoms with van der Waals surface area (Å²) in [6.07, 6.45) is 1.11. The van der Waals surface area contributed by atoms with Crippen LogP contribution in [-0.2, 0) is 10.5 Å². The van der Waals surface area contributed by atoms with Crippen molar-refractivity contribution in [3.63, 3.8) is 0 Å². The van der Waals surface area contributed by atoms with Crippen LogP contribution in [0.15, 0.2) is 18.2 Å². The summed E-state index contributed by atoms with van der Waals surface area (Å²) in [5, 5.41) is 3.45. The van der Waals surface area contributed by atoms with E-state index in [1.54, 1.807) is 0 Å². The summed E-state index contributed by atoms with van der Waals surface area (Å²) in [6, 6.07) is 6.80. The maximum absolute atomic E-state index is 5.30. The van der Waals surface area contributed by atoms with Crippen LogP contribution in [0.3, 0.4) is 0 Å². The smallest absolute Gasteiger partial charge is 0.0477 e. The molecule has 3 heteroatoms. The summed E-state index contributed by atoms with van der Waals surface area (Å²) >= 11 is 2.00. The summed E-state index contributed by atoms with van der Waals surface area (Å²) in [5.41, 5.74) is 4.17. The van der Waals surface area contributed by atoms with Gasteiger partial charge >= 0.3 is 0 Å². The molecule has 0 radical (unpaired) electrons. The van der Waals surface area contributed by atoms with Gasteiger partial charge in [-0.1, -0.05) is 29.3 Å². The molecule has 0 unspecified atom stereocenters. The summed E-state index contributed by atoms with van der Waals surface area (Å²) < 4.78 is 5.30. The van der Waals surface area contributed by atoms with Gasteiger partial charge in [-0.2, -0.15) is 11.8 Å². The van der Waals surface area contributed by atoms with E-state index in [-0.39, 0.29) is 0 Å². The lowest BCUT2D eigenvalue weighted by Crippen LogP contribution is -2.19. The van der Waals surface area contributed by atoms with Crippen molar-refractivity contribution < 1.29 is 4.74 Å². The Balaban J connectivity index is 2.01. The zero-order chi connectivity index (χ0) is 13.9. The molecule has 2 nitrogen and oxygen atoms in total. The van der Waals surface area contributed by atoms with Crippen molar-refractivity contribution in [1.82, 2.24) is 5.32 Å². The first-order valence-corrected chi connectivity index (χ1v) is 8.31. The van der Waals surface area contributed by atoms with Gasteiger partial charge < -0.3 is 10.1 Å². The first-order valence-electron chi connectivity index (χ1n) is 7.15. The molecule has 0 atom stereocenters. The molecule has 1 N–H and O–H groups in total. The average Bonchev–Trinajstić information content (AvgIpc) is 2.36. The number of rotatable bonds is 10. The maximum Gasteiger partial charge on any atom is 0.0477 e. The van der Waals surface area contributed by atoms with E-state index in [1.165, 1.54) is 22.4 Å². The molecule has 108 valence electrons. The molecule has 0 saturated carbocycles. The van der Waals surface area contributed by atoms with Gasteiger partial charge in [0.2, 0.25) is 0 Å². The van der Waals surface area contributed by atoms with Crippen LogP contribution in [0, 0.1) is 13.8 Å². The molecule has 0 aliphatic rings. The Morgan fingerprint density at radius 1 is 1.11 bits per heavy atom. The topological polar surface area (TPSA) is 21.3 Å². The summed E-state index contributed by atoms with van der Waals surface area (Å²) in [6.45, 7) is 10.2. The monoisotopic (exact) mass is 281 g/mol. The number of benzene rings is 1. The second-order valence-corrected chi connectivity index (χ2v) is 5.95. The molecular formula is C16H27NOS. The van der Waals surface area contributed by atoms with Crippen LogP contribution in [0.2, 0.25) is 0 Å². The minimum atomic E-state index is 0.825. The van der Waals surface area contributed by atoms with Gasteiger partial charge in [0.25, 0.3) is 0 Å². The average molecular weight is 281 g/mol. The van der Waals surface area contributed by atoms with Crippen molar-refractivity contribution in [3.8, 4) is 0 Å². The third kappa shape index (κ3) is 8.30. The lowest BCUT2D eigenvalue weighted by molar-refractivity contribution is 0.145. The molecule has 19 heavy (non-hydrogen) atoms. The van der Waals surface area contributed by atoms with E-state index in [0.717, 1.165) is 38.5 Å². The lowest BCUT2D eigenvalue weighted by Gasteiger charge is -2.06. The number of thioether (sulfide) groups is 1. The van der Waals surface area contributed by atoms with E-state index in [1.807, 2.05) is 18.7 Å². The van der Waals surface area contributed by atoms with Gasteiger partial charge in [-0.15, -0.1) is 0 Å². The molecule has 0 aliphatic carbocycles. The number of hydrogen-bond donors (Lipinski definition) is 1. The van der Waals surface area contributed by atoms with Crippen molar-refractivity contribution in [2.75, 3.05) is 32.1 Å². The SMILES string of the molecule is CCOCCCNCCSCc1cc(C)cc(C)c1. The zero-order valence-corrected chi connectivity index (χ0v) is 13.3. The van der Waals surface area contributed by atoms with E-state index >= 15 is 0 Å². The van der Waals surface area contributed by atoms with Crippen LogP contribution in [0.1, 0.15) is 30.0 Å². The molecule has 0 aromatic heterocycles. The third-order valence-electron chi connectivity index (χ3n) is 2.82. The maximum atomic E-state index is 5.30. The van der Waals surface area contributed by atoms with Crippen molar-refractivity contribution in [1.29, 1.82) is 0 Å². The lowest BCUT2D eigenvalue weighted by atomic mass is 10.1. The Labute approximate surface area is 122 Å². The minimum Gasteiger partial charge on any atom is -0.382 e. The summed E-state index contributed by atoms with van der Waals surface area (Å²) in [4.78, 5) is 0. The highest BCUT2D eigenvalue weighted by atomic mass is 32.2. The van der Waals surface area contributed by atoms with Gasteiger partial charge in [0.1, 0.15) is 0 Å². The van der Waals surface area contributed by atoms with Gasteiger partial charge in [0.05, 0.1) is 0 Å². The highest BCUT2D eigenvalue weighted by molar-refractivity contribution is 7.98. The number of nitrogens with one attached hydrogen (secondary N) is 1. The second kappa shape index (κ2) is 10.3. The van der Waals surface area contributed by atoms with Crippen LogP contribution in [0.5, 0.6) is 0 Å². The Morgan fingerprint density at radius 2 is 1.84 bits per heavy atom. The molecule has 0 bridgehead atoms. The molecule has 0 fully saturated rings. The van der Waals surface area contributed by atoms with E-state index in [2.05, 4.69) is 37.4 Å². The van der Waals surface area contributed by atoms with Crippen molar-refractivity contribution in [2.24, 2.45) is 0 Å². The Hall–Kier alpha value is -0.510. The zero-order valence-electron chi connectivity index (χ0n) is 12.5. The van der Waals surface area contributed by atoms with Crippen molar-refractivity contribution >= 4 is 11.8 Å². The van der Waals surface area contributed by atoms with Crippen LogP contribution in [0.4, 0.5) is 0 Å². The van der Waals surface area contributed by atoms with Gasteiger partial charge in [0, 0.05) is 31.3 Å². The molecule has 0 saturated heterocycles. The van der Waals surface area contributed by atoms with Crippen LogP contribution >= 0.6 is 11.8 Å². The molecule has 0 spiro atoms. The van der Waals surface area contributed by atoms with Gasteiger partial charge in [-0.05, 0) is 39.3 Å². The molecule has 1 rings (SSSR count). The van der Waals surface area contributed by atoms with Gasteiger partial charge in [-0.3, -0.25) is 0 Å². The number of aryl methyl sites for hydroxylation is 2. The predicted molar refractivity (Wildman–Crippen MR) is 86.1 cm³/mol. The van der Waals surface area contributed by atoms with E-state index in [0.29, 0.717) is 0 Å². The van der Waals surface area contributed by atoms with E-state index < -0.39 is 0 Å². The molecular weight excluding hydrogens is 254 g/mol.